The van der Waals surface area contributed by atoms with Gasteiger partial charge in [0.2, 0.25) is 0 Å². The Morgan fingerprint density at radius 1 is 0.968 bits per heavy atom. The van der Waals surface area contributed by atoms with E-state index in [1.807, 2.05) is 6.08 Å². The zero-order chi connectivity index (χ0) is 21.9. The van der Waals surface area contributed by atoms with Gasteiger partial charge in [0, 0.05) is 11.6 Å². The highest BCUT2D eigenvalue weighted by Crippen LogP contribution is 2.32. The molecule has 2 heteroatoms. The summed E-state index contributed by atoms with van der Waals surface area (Å²) in [6, 6.07) is 13.0. The highest BCUT2D eigenvalue weighted by Gasteiger charge is 2.20. The van der Waals surface area contributed by atoms with E-state index in [0.717, 1.165) is 43.6 Å². The molecule has 1 aromatic heterocycles. The van der Waals surface area contributed by atoms with Crippen LogP contribution in [0.3, 0.4) is 0 Å². The summed E-state index contributed by atoms with van der Waals surface area (Å²) in [5, 5.41) is 0. The molecule has 1 aromatic carbocycles. The minimum Gasteiger partial charge on any atom is -0.238 e. The van der Waals surface area contributed by atoms with Crippen molar-refractivity contribution in [2.75, 3.05) is 0 Å². The molecule has 1 fully saturated rings. The fraction of sp³-hybridized carbons (Fsp3) is 0.448. The van der Waals surface area contributed by atoms with Crippen molar-refractivity contribution in [3.05, 3.63) is 89.6 Å². The van der Waals surface area contributed by atoms with Crippen LogP contribution >= 0.6 is 0 Å². The number of hydrogen-bond donors (Lipinski definition) is 0. The molecule has 1 saturated carbocycles. The molecule has 0 unspecified atom stereocenters. The van der Waals surface area contributed by atoms with Gasteiger partial charge < -0.3 is 0 Å². The van der Waals surface area contributed by atoms with Crippen LogP contribution in [-0.4, -0.2) is 9.97 Å². The van der Waals surface area contributed by atoms with E-state index >= 15 is 0 Å². The van der Waals surface area contributed by atoms with Crippen molar-refractivity contribution in [3.8, 4) is 0 Å². The van der Waals surface area contributed by atoms with Gasteiger partial charge in [-0.25, -0.2) is 9.97 Å². The summed E-state index contributed by atoms with van der Waals surface area (Å²) in [6.45, 7) is 8.32. The molecule has 31 heavy (non-hydrogen) atoms. The first-order valence-corrected chi connectivity index (χ1v) is 12.2. The largest absolute Gasteiger partial charge is 0.238 e. The van der Waals surface area contributed by atoms with Gasteiger partial charge in [-0.1, -0.05) is 88.2 Å². The Morgan fingerprint density at radius 2 is 1.74 bits per heavy atom. The van der Waals surface area contributed by atoms with E-state index in [2.05, 4.69) is 69.0 Å². The van der Waals surface area contributed by atoms with Gasteiger partial charge in [0.25, 0.3) is 0 Å². The van der Waals surface area contributed by atoms with Crippen LogP contribution in [-0.2, 0) is 12.8 Å². The normalized spacial score (nSPS) is 15.8. The molecule has 0 N–H and O–H groups in total. The number of nitrogens with zero attached hydrogens (tertiary/aromatic N) is 2. The van der Waals surface area contributed by atoms with Crippen molar-refractivity contribution >= 4 is 5.57 Å². The molecular weight excluding hydrogens is 376 g/mol. The summed E-state index contributed by atoms with van der Waals surface area (Å²) >= 11 is 0. The first kappa shape index (κ1) is 23.2. The Bertz CT molecular complexity index is 886. The van der Waals surface area contributed by atoms with Crippen molar-refractivity contribution in [1.29, 1.82) is 0 Å². The Balaban J connectivity index is 1.85. The average molecular weight is 415 g/mol. The van der Waals surface area contributed by atoms with E-state index in [9.17, 15) is 0 Å². The standard InChI is InChI=1S/C29H38N2/c1-4-23(5-2)20-21-25(6-3)28-22-27(19-13-16-24-14-9-7-10-15-24)30-29(31-28)26-17-11-8-12-18-26/h4,7,9-10,14-15,20-22,26H,1,5-6,8,11-13,16-19H2,2-3H3/b23-20+,25-21+. The molecule has 1 heterocycles. The predicted octanol–water partition coefficient (Wildman–Crippen LogP) is 8.02. The van der Waals surface area contributed by atoms with Gasteiger partial charge in [-0.05, 0) is 67.7 Å². The SMILES string of the molecule is C=C/C(=C\C=C(/CC)c1cc(CCCc2ccccc2)nc(C2CCCCC2)n1)CC. The van der Waals surface area contributed by atoms with Gasteiger partial charge in [0.1, 0.15) is 5.82 Å². The lowest BCUT2D eigenvalue weighted by atomic mass is 9.88. The number of hydrogen-bond acceptors (Lipinski definition) is 2. The second kappa shape index (κ2) is 12.4. The molecule has 0 amide bonds. The maximum absolute atomic E-state index is 5.09. The van der Waals surface area contributed by atoms with Gasteiger partial charge >= 0.3 is 0 Å². The second-order valence-electron chi connectivity index (χ2n) is 8.62. The minimum absolute atomic E-state index is 0.523. The summed E-state index contributed by atoms with van der Waals surface area (Å²) in [7, 11) is 0. The Hall–Kier alpha value is -2.48. The molecule has 0 bridgehead atoms. The van der Waals surface area contributed by atoms with Crippen molar-refractivity contribution < 1.29 is 0 Å². The van der Waals surface area contributed by atoms with E-state index in [0.29, 0.717) is 5.92 Å². The first-order valence-electron chi connectivity index (χ1n) is 12.2. The minimum atomic E-state index is 0.523. The Morgan fingerprint density at radius 3 is 2.42 bits per heavy atom. The summed E-state index contributed by atoms with van der Waals surface area (Å²) in [6.07, 6.45) is 18.0. The van der Waals surface area contributed by atoms with Crippen LogP contribution in [0.5, 0.6) is 0 Å². The van der Waals surface area contributed by atoms with E-state index in [4.69, 9.17) is 9.97 Å². The summed E-state index contributed by atoms with van der Waals surface area (Å²) in [4.78, 5) is 10.2. The lowest BCUT2D eigenvalue weighted by molar-refractivity contribution is 0.427. The molecular formula is C29H38N2. The van der Waals surface area contributed by atoms with Crippen LogP contribution in [0.25, 0.3) is 5.57 Å². The summed E-state index contributed by atoms with van der Waals surface area (Å²) < 4.78 is 0. The number of rotatable bonds is 10. The van der Waals surface area contributed by atoms with Gasteiger partial charge in [-0.3, -0.25) is 0 Å². The molecule has 1 aliphatic rings. The fourth-order valence-electron chi connectivity index (χ4n) is 4.39. The molecule has 0 aliphatic heterocycles. The maximum atomic E-state index is 5.09. The molecule has 2 nitrogen and oxygen atoms in total. The quantitative estimate of drug-likeness (QED) is 0.368. The van der Waals surface area contributed by atoms with E-state index in [1.165, 1.54) is 54.5 Å². The fourth-order valence-corrected chi connectivity index (χ4v) is 4.39. The molecule has 2 aromatic rings. The van der Waals surface area contributed by atoms with Crippen LogP contribution in [0, 0.1) is 0 Å². The number of aryl methyl sites for hydroxylation is 2. The molecule has 1 aliphatic carbocycles. The van der Waals surface area contributed by atoms with Crippen LogP contribution in [0.2, 0.25) is 0 Å². The third-order valence-electron chi connectivity index (χ3n) is 6.39. The lowest BCUT2D eigenvalue weighted by Gasteiger charge is -2.21. The monoisotopic (exact) mass is 414 g/mol. The van der Waals surface area contributed by atoms with Crippen LogP contribution in [0.4, 0.5) is 0 Å². The van der Waals surface area contributed by atoms with Crippen LogP contribution < -0.4 is 0 Å². The number of allylic oxidation sites excluding steroid dienone is 5. The maximum Gasteiger partial charge on any atom is 0.132 e. The molecule has 164 valence electrons. The molecule has 3 rings (SSSR count). The number of aromatic nitrogens is 2. The number of benzene rings is 1. The van der Waals surface area contributed by atoms with Gasteiger partial charge in [-0.15, -0.1) is 0 Å². The first-order chi connectivity index (χ1) is 15.2. The van der Waals surface area contributed by atoms with Crippen molar-refractivity contribution in [3.63, 3.8) is 0 Å². The third-order valence-corrected chi connectivity index (χ3v) is 6.39. The van der Waals surface area contributed by atoms with Crippen LogP contribution in [0.15, 0.2) is 66.8 Å². The van der Waals surface area contributed by atoms with E-state index in [-0.39, 0.29) is 0 Å². The van der Waals surface area contributed by atoms with Crippen molar-refractivity contribution in [1.82, 2.24) is 9.97 Å². The average Bonchev–Trinajstić information content (AvgIpc) is 2.83. The third kappa shape index (κ3) is 7.02. The lowest BCUT2D eigenvalue weighted by Crippen LogP contribution is -2.12. The Kier molecular flexibility index (Phi) is 9.27. The highest BCUT2D eigenvalue weighted by molar-refractivity contribution is 5.64. The van der Waals surface area contributed by atoms with Crippen molar-refractivity contribution in [2.45, 2.75) is 84.0 Å². The molecule has 0 radical (unpaired) electrons. The van der Waals surface area contributed by atoms with E-state index in [1.54, 1.807) is 0 Å². The molecule has 0 spiro atoms. The second-order valence-corrected chi connectivity index (χ2v) is 8.62. The summed E-state index contributed by atoms with van der Waals surface area (Å²) in [5.74, 6) is 1.60. The molecule has 0 atom stereocenters. The summed E-state index contributed by atoms with van der Waals surface area (Å²) in [5.41, 5.74) is 6.26. The smallest absolute Gasteiger partial charge is 0.132 e. The highest BCUT2D eigenvalue weighted by atomic mass is 14.9. The van der Waals surface area contributed by atoms with Gasteiger partial charge in [0.05, 0.1) is 5.69 Å². The molecule has 0 saturated heterocycles. The zero-order valence-corrected chi connectivity index (χ0v) is 19.4. The van der Waals surface area contributed by atoms with Crippen molar-refractivity contribution in [2.24, 2.45) is 0 Å². The van der Waals surface area contributed by atoms with E-state index < -0.39 is 0 Å². The van der Waals surface area contributed by atoms with Gasteiger partial charge in [-0.2, -0.15) is 0 Å². The Labute approximate surface area is 189 Å². The predicted molar refractivity (Wildman–Crippen MR) is 133 cm³/mol. The topological polar surface area (TPSA) is 25.8 Å². The van der Waals surface area contributed by atoms with Crippen LogP contribution in [0.1, 0.15) is 93.9 Å². The zero-order valence-electron chi connectivity index (χ0n) is 19.4. The van der Waals surface area contributed by atoms with Gasteiger partial charge in [0.15, 0.2) is 0 Å².